The van der Waals surface area contributed by atoms with Crippen molar-refractivity contribution >= 4 is 50.2 Å². The van der Waals surface area contributed by atoms with Crippen molar-refractivity contribution in [1.82, 2.24) is 0 Å². The van der Waals surface area contributed by atoms with Crippen molar-refractivity contribution in [3.8, 4) is 0 Å². The number of amides is 1. The molecule has 0 aliphatic heterocycles. The van der Waals surface area contributed by atoms with E-state index >= 15 is 0 Å². The number of anilines is 1. The molecular formula is C11H6BrN3O5S. The molecule has 2 aromatic rings. The summed E-state index contributed by atoms with van der Waals surface area (Å²) >= 11 is 4.37. The summed E-state index contributed by atoms with van der Waals surface area (Å²) in [6.45, 7) is 0. The second kappa shape index (κ2) is 5.97. The quantitative estimate of drug-likeness (QED) is 0.651. The van der Waals surface area contributed by atoms with Gasteiger partial charge in [-0.1, -0.05) is 0 Å². The van der Waals surface area contributed by atoms with E-state index < -0.39 is 27.1 Å². The molecule has 0 saturated heterocycles. The average molecular weight is 372 g/mol. The number of benzene rings is 1. The van der Waals surface area contributed by atoms with E-state index in [4.69, 9.17) is 0 Å². The van der Waals surface area contributed by atoms with Crippen LogP contribution in [0.15, 0.2) is 34.1 Å². The third-order valence-corrected chi connectivity index (χ3v) is 4.06. The van der Waals surface area contributed by atoms with Crippen molar-refractivity contribution in [2.45, 2.75) is 0 Å². The Hall–Kier alpha value is -2.33. The average Bonchev–Trinajstić information content (AvgIpc) is 2.85. The highest BCUT2D eigenvalue weighted by atomic mass is 79.9. The number of nitro groups is 2. The van der Waals surface area contributed by atoms with Gasteiger partial charge in [-0.25, -0.2) is 0 Å². The van der Waals surface area contributed by atoms with E-state index in [0.29, 0.717) is 4.88 Å². The fraction of sp³-hybridized carbons (Fsp3) is 0. The number of carbonyl (C=O) groups is 1. The third kappa shape index (κ3) is 3.41. The van der Waals surface area contributed by atoms with E-state index in [1.165, 1.54) is 0 Å². The predicted octanol–water partition coefficient (Wildman–Crippen LogP) is 3.58. The lowest BCUT2D eigenvalue weighted by molar-refractivity contribution is -0.393. The number of nitrogens with one attached hydrogen (secondary N) is 1. The number of nitrogens with zero attached hydrogens (tertiary/aromatic N) is 2. The van der Waals surface area contributed by atoms with Crippen LogP contribution in [-0.2, 0) is 0 Å². The maximum atomic E-state index is 11.9. The molecule has 0 aliphatic rings. The minimum atomic E-state index is -0.785. The molecular weight excluding hydrogens is 366 g/mol. The third-order valence-electron chi connectivity index (χ3n) is 2.43. The highest BCUT2D eigenvalue weighted by molar-refractivity contribution is 9.11. The van der Waals surface area contributed by atoms with Gasteiger partial charge < -0.3 is 5.32 Å². The minimum Gasteiger partial charge on any atom is -0.316 e. The van der Waals surface area contributed by atoms with Crippen LogP contribution >= 0.6 is 27.3 Å². The summed E-state index contributed by atoms with van der Waals surface area (Å²) in [6.07, 6.45) is 0. The van der Waals surface area contributed by atoms with Crippen LogP contribution in [0.25, 0.3) is 0 Å². The highest BCUT2D eigenvalue weighted by Crippen LogP contribution is 2.30. The van der Waals surface area contributed by atoms with Crippen molar-refractivity contribution < 1.29 is 14.6 Å². The van der Waals surface area contributed by atoms with Crippen LogP contribution in [0.5, 0.6) is 0 Å². The molecule has 0 radical (unpaired) electrons. The van der Waals surface area contributed by atoms with Crippen LogP contribution in [0.4, 0.5) is 17.1 Å². The molecule has 10 heteroatoms. The second-order valence-corrected chi connectivity index (χ2v) is 6.24. The maximum absolute atomic E-state index is 11.9. The highest BCUT2D eigenvalue weighted by Gasteiger charge is 2.21. The number of nitro benzene ring substituents is 2. The lowest BCUT2D eigenvalue weighted by atomic mass is 10.2. The molecule has 0 atom stereocenters. The Morgan fingerprint density at radius 3 is 2.38 bits per heavy atom. The van der Waals surface area contributed by atoms with Gasteiger partial charge in [0.05, 0.1) is 24.6 Å². The summed E-state index contributed by atoms with van der Waals surface area (Å²) in [5.41, 5.74) is -1.05. The Kier molecular flexibility index (Phi) is 4.29. The Balaban J connectivity index is 2.33. The molecule has 0 fully saturated rings. The Labute approximate surface area is 129 Å². The van der Waals surface area contributed by atoms with E-state index in [0.717, 1.165) is 33.3 Å². The first-order chi connectivity index (χ1) is 9.88. The van der Waals surface area contributed by atoms with Gasteiger partial charge in [-0.2, -0.15) is 0 Å². The van der Waals surface area contributed by atoms with E-state index in [-0.39, 0.29) is 5.69 Å². The van der Waals surface area contributed by atoms with Gasteiger partial charge in [-0.05, 0) is 34.1 Å². The summed E-state index contributed by atoms with van der Waals surface area (Å²) in [6, 6.07) is 6.26. The number of carbonyl (C=O) groups excluding carboxylic acids is 1. The summed E-state index contributed by atoms with van der Waals surface area (Å²) in [4.78, 5) is 32.3. The van der Waals surface area contributed by atoms with Crippen molar-refractivity contribution in [2.75, 3.05) is 5.32 Å². The fourth-order valence-corrected chi connectivity index (χ4v) is 2.79. The number of halogens is 1. The van der Waals surface area contributed by atoms with E-state index in [1.54, 1.807) is 12.1 Å². The maximum Gasteiger partial charge on any atom is 0.299 e. The van der Waals surface area contributed by atoms with E-state index in [9.17, 15) is 25.0 Å². The molecule has 0 saturated carbocycles. The monoisotopic (exact) mass is 371 g/mol. The normalized spacial score (nSPS) is 10.1. The molecule has 1 heterocycles. The Morgan fingerprint density at radius 1 is 1.14 bits per heavy atom. The number of thiophene rings is 1. The largest absolute Gasteiger partial charge is 0.316 e. The molecule has 1 aromatic carbocycles. The van der Waals surface area contributed by atoms with Crippen molar-refractivity contribution in [2.24, 2.45) is 0 Å². The lowest BCUT2D eigenvalue weighted by Gasteiger charge is -2.04. The van der Waals surface area contributed by atoms with Crippen LogP contribution in [0.1, 0.15) is 9.67 Å². The van der Waals surface area contributed by atoms with Gasteiger partial charge in [0, 0.05) is 6.07 Å². The smallest absolute Gasteiger partial charge is 0.299 e. The lowest BCUT2D eigenvalue weighted by Crippen LogP contribution is -2.11. The SMILES string of the molecule is O=C(Nc1ccc([N+](=O)[O-])cc1[N+](=O)[O-])c1ccc(Br)s1. The van der Waals surface area contributed by atoms with Crippen LogP contribution in [0.3, 0.4) is 0 Å². The van der Waals surface area contributed by atoms with Gasteiger partial charge in [0.15, 0.2) is 0 Å². The molecule has 2 rings (SSSR count). The number of hydrogen-bond acceptors (Lipinski definition) is 6. The first-order valence-electron chi connectivity index (χ1n) is 5.38. The summed E-state index contributed by atoms with van der Waals surface area (Å²) < 4.78 is 0.742. The zero-order valence-corrected chi connectivity index (χ0v) is 12.5. The second-order valence-electron chi connectivity index (χ2n) is 3.77. The summed E-state index contributed by atoms with van der Waals surface area (Å²) in [5.74, 6) is -0.525. The molecule has 0 unspecified atom stereocenters. The topological polar surface area (TPSA) is 115 Å². The molecule has 1 N–H and O–H groups in total. The Bertz CT molecular complexity index is 745. The van der Waals surface area contributed by atoms with Crippen molar-refractivity contribution in [3.05, 3.63) is 59.2 Å². The van der Waals surface area contributed by atoms with Crippen LogP contribution in [0.2, 0.25) is 0 Å². The van der Waals surface area contributed by atoms with Gasteiger partial charge in [0.2, 0.25) is 0 Å². The van der Waals surface area contributed by atoms with Gasteiger partial charge in [-0.3, -0.25) is 25.0 Å². The number of non-ortho nitro benzene ring substituents is 1. The zero-order valence-electron chi connectivity index (χ0n) is 10.1. The van der Waals surface area contributed by atoms with Gasteiger partial charge in [0.25, 0.3) is 17.3 Å². The standard InChI is InChI=1S/C11H6BrN3O5S/c12-10-4-3-9(21-10)11(16)13-7-2-1-6(14(17)18)5-8(7)15(19)20/h1-5H,(H,13,16). The number of rotatable bonds is 4. The zero-order chi connectivity index (χ0) is 15.6. The van der Waals surface area contributed by atoms with Gasteiger partial charge >= 0.3 is 0 Å². The molecule has 0 bridgehead atoms. The molecule has 1 aromatic heterocycles. The fourth-order valence-electron chi connectivity index (χ4n) is 1.51. The summed E-state index contributed by atoms with van der Waals surface area (Å²) in [7, 11) is 0. The first-order valence-corrected chi connectivity index (χ1v) is 6.99. The Morgan fingerprint density at radius 2 is 1.86 bits per heavy atom. The predicted molar refractivity (Wildman–Crippen MR) is 79.7 cm³/mol. The molecule has 0 aliphatic carbocycles. The molecule has 0 spiro atoms. The van der Waals surface area contributed by atoms with Gasteiger partial charge in [0.1, 0.15) is 5.69 Å². The molecule has 1 amide bonds. The summed E-state index contributed by atoms with van der Waals surface area (Å²) in [5, 5.41) is 23.9. The van der Waals surface area contributed by atoms with Crippen LogP contribution in [-0.4, -0.2) is 15.8 Å². The van der Waals surface area contributed by atoms with E-state index in [1.807, 2.05) is 0 Å². The molecule has 8 nitrogen and oxygen atoms in total. The molecule has 108 valence electrons. The first kappa shape index (κ1) is 15.1. The van der Waals surface area contributed by atoms with Crippen molar-refractivity contribution in [1.29, 1.82) is 0 Å². The van der Waals surface area contributed by atoms with E-state index in [2.05, 4.69) is 21.2 Å². The van der Waals surface area contributed by atoms with Crippen molar-refractivity contribution in [3.63, 3.8) is 0 Å². The number of hydrogen-bond donors (Lipinski definition) is 1. The van der Waals surface area contributed by atoms with Crippen LogP contribution < -0.4 is 5.32 Å². The molecule has 21 heavy (non-hydrogen) atoms. The van der Waals surface area contributed by atoms with Crippen LogP contribution in [0, 0.1) is 20.2 Å². The van der Waals surface area contributed by atoms with Gasteiger partial charge in [-0.15, -0.1) is 11.3 Å². The minimum absolute atomic E-state index is 0.0971.